The van der Waals surface area contributed by atoms with Gasteiger partial charge in [-0.3, -0.25) is 5.43 Å². The first-order valence-corrected chi connectivity index (χ1v) is 7.41. The summed E-state index contributed by atoms with van der Waals surface area (Å²) >= 11 is 3.17. The minimum absolute atomic E-state index is 0.0867. The zero-order valence-corrected chi connectivity index (χ0v) is 11.8. The minimum atomic E-state index is 0.0867. The summed E-state index contributed by atoms with van der Waals surface area (Å²) in [7, 11) is 0. The molecule has 0 spiro atoms. The van der Waals surface area contributed by atoms with Crippen molar-refractivity contribution in [1.29, 1.82) is 0 Å². The molecule has 0 amide bonds. The molecule has 3 aromatic rings. The summed E-state index contributed by atoms with van der Waals surface area (Å²) in [6.45, 7) is 2.05. The molecule has 0 aliphatic heterocycles. The van der Waals surface area contributed by atoms with Crippen LogP contribution in [0.1, 0.15) is 18.0 Å². The van der Waals surface area contributed by atoms with Crippen LogP contribution in [0, 0.1) is 0 Å². The molecule has 98 valence electrons. The number of hydrogen-bond acceptors (Lipinski definition) is 8. The quantitative estimate of drug-likeness (QED) is 0.506. The van der Waals surface area contributed by atoms with Crippen molar-refractivity contribution < 1.29 is 0 Å². The number of nitrogens with zero attached hydrogens (tertiary/aromatic N) is 3. The van der Waals surface area contributed by atoms with Crippen molar-refractivity contribution in [2.75, 3.05) is 10.7 Å². The van der Waals surface area contributed by atoms with E-state index in [1.807, 2.05) is 16.8 Å². The van der Waals surface area contributed by atoms with Gasteiger partial charge in [-0.25, -0.2) is 15.8 Å². The maximum Gasteiger partial charge on any atom is 0.240 e. The Morgan fingerprint density at radius 3 is 2.89 bits per heavy atom. The molecule has 6 nitrogen and oxygen atoms in total. The van der Waals surface area contributed by atoms with Crippen LogP contribution in [-0.2, 0) is 0 Å². The normalized spacial score (nSPS) is 12.5. The van der Waals surface area contributed by atoms with Crippen molar-refractivity contribution in [3.63, 3.8) is 0 Å². The zero-order valence-electron chi connectivity index (χ0n) is 10.1. The topological polar surface area (TPSA) is 88.8 Å². The lowest BCUT2D eigenvalue weighted by molar-refractivity contribution is 0.862. The van der Waals surface area contributed by atoms with Crippen molar-refractivity contribution >= 4 is 44.7 Å². The van der Waals surface area contributed by atoms with E-state index in [-0.39, 0.29) is 6.04 Å². The van der Waals surface area contributed by atoms with Gasteiger partial charge in [0.05, 0.1) is 11.4 Å². The van der Waals surface area contributed by atoms with Gasteiger partial charge in [-0.2, -0.15) is 4.98 Å². The first-order valence-electron chi connectivity index (χ1n) is 5.65. The molecule has 19 heavy (non-hydrogen) atoms. The van der Waals surface area contributed by atoms with Crippen molar-refractivity contribution in [2.45, 2.75) is 13.0 Å². The van der Waals surface area contributed by atoms with Gasteiger partial charge >= 0.3 is 0 Å². The summed E-state index contributed by atoms with van der Waals surface area (Å²) in [6, 6.07) is 2.08. The average Bonchev–Trinajstić information content (AvgIpc) is 3.09. The van der Waals surface area contributed by atoms with Crippen molar-refractivity contribution in [3.05, 3.63) is 28.0 Å². The second kappa shape index (κ2) is 5.08. The number of thiophene rings is 1. The van der Waals surface area contributed by atoms with Crippen molar-refractivity contribution in [3.8, 4) is 0 Å². The van der Waals surface area contributed by atoms with Crippen LogP contribution < -0.4 is 16.6 Å². The van der Waals surface area contributed by atoms with Crippen LogP contribution in [0.15, 0.2) is 23.0 Å². The molecule has 0 saturated heterocycles. The third-order valence-corrected chi connectivity index (χ3v) is 4.39. The molecule has 0 aliphatic carbocycles. The predicted molar refractivity (Wildman–Crippen MR) is 79.4 cm³/mol. The fourth-order valence-corrected chi connectivity index (χ4v) is 3.15. The molecule has 4 N–H and O–H groups in total. The molecule has 3 heterocycles. The summed E-state index contributed by atoms with van der Waals surface area (Å²) in [6.07, 6.45) is 1.80. The van der Waals surface area contributed by atoms with E-state index in [1.54, 1.807) is 28.9 Å². The molecule has 0 radical (unpaired) electrons. The number of nitrogens with one attached hydrogen (secondary N) is 2. The van der Waals surface area contributed by atoms with Crippen LogP contribution in [0.25, 0.3) is 10.2 Å². The fourth-order valence-electron chi connectivity index (χ4n) is 1.75. The molecule has 0 aromatic carbocycles. The van der Waals surface area contributed by atoms with Crippen LogP contribution in [-0.4, -0.2) is 15.0 Å². The summed E-state index contributed by atoms with van der Waals surface area (Å²) in [5, 5.41) is 9.31. The molecule has 0 bridgehead atoms. The summed E-state index contributed by atoms with van der Waals surface area (Å²) in [5.41, 5.74) is 2.49. The van der Waals surface area contributed by atoms with Gasteiger partial charge in [-0.15, -0.1) is 22.7 Å². The largest absolute Gasteiger partial charge is 0.360 e. The molecule has 3 rings (SSSR count). The average molecular weight is 292 g/mol. The molecule has 0 saturated carbocycles. The number of anilines is 2. The number of nitrogen functional groups attached to an aromatic ring is 1. The first-order chi connectivity index (χ1) is 9.28. The maximum atomic E-state index is 5.40. The van der Waals surface area contributed by atoms with E-state index in [0.717, 1.165) is 21.0 Å². The van der Waals surface area contributed by atoms with Gasteiger partial charge in [-0.1, -0.05) is 0 Å². The molecule has 8 heteroatoms. The van der Waals surface area contributed by atoms with Gasteiger partial charge < -0.3 is 5.32 Å². The van der Waals surface area contributed by atoms with Gasteiger partial charge in [0.1, 0.15) is 15.7 Å². The SMILES string of the molecule is CC(Nc1nc(NN)nc2sccc12)c1nccs1. The second-order valence-electron chi connectivity index (χ2n) is 3.92. The van der Waals surface area contributed by atoms with Crippen LogP contribution in [0.4, 0.5) is 11.8 Å². The second-order valence-corrected chi connectivity index (χ2v) is 5.74. The molecular weight excluding hydrogens is 280 g/mol. The molecule has 0 aliphatic rings. The van der Waals surface area contributed by atoms with E-state index in [2.05, 4.69) is 32.6 Å². The summed E-state index contributed by atoms with van der Waals surface area (Å²) in [4.78, 5) is 13.9. The molecule has 3 aromatic heterocycles. The number of thiazole rings is 1. The van der Waals surface area contributed by atoms with Gasteiger partial charge in [0.2, 0.25) is 5.95 Å². The maximum absolute atomic E-state index is 5.40. The Bertz CT molecular complexity index is 678. The van der Waals surface area contributed by atoms with Crippen LogP contribution in [0.5, 0.6) is 0 Å². The Morgan fingerprint density at radius 2 is 2.16 bits per heavy atom. The number of fused-ring (bicyclic) bond motifs is 1. The van der Waals surface area contributed by atoms with E-state index < -0.39 is 0 Å². The van der Waals surface area contributed by atoms with Gasteiger partial charge in [-0.05, 0) is 18.4 Å². The number of aromatic nitrogens is 3. The van der Waals surface area contributed by atoms with E-state index in [9.17, 15) is 0 Å². The number of rotatable bonds is 4. The number of hydrogen-bond donors (Lipinski definition) is 3. The Labute approximate surface area is 117 Å². The fraction of sp³-hybridized carbons (Fsp3) is 0.182. The Hall–Kier alpha value is -1.77. The van der Waals surface area contributed by atoms with E-state index in [1.165, 1.54) is 0 Å². The molecule has 0 fully saturated rings. The third-order valence-electron chi connectivity index (χ3n) is 2.63. The highest BCUT2D eigenvalue weighted by Gasteiger charge is 2.13. The first kappa shape index (κ1) is 12.3. The highest BCUT2D eigenvalue weighted by Crippen LogP contribution is 2.29. The van der Waals surface area contributed by atoms with Gasteiger partial charge in [0, 0.05) is 11.6 Å². The number of nitrogens with two attached hydrogens (primary N) is 1. The molecule has 1 atom stereocenters. The van der Waals surface area contributed by atoms with Crippen LogP contribution in [0.2, 0.25) is 0 Å². The Kier molecular flexibility index (Phi) is 3.28. The third kappa shape index (κ3) is 2.37. The lowest BCUT2D eigenvalue weighted by atomic mass is 10.3. The van der Waals surface area contributed by atoms with E-state index >= 15 is 0 Å². The van der Waals surface area contributed by atoms with Crippen LogP contribution in [0.3, 0.4) is 0 Å². The molecular formula is C11H12N6S2. The smallest absolute Gasteiger partial charge is 0.240 e. The van der Waals surface area contributed by atoms with E-state index in [0.29, 0.717) is 5.95 Å². The lowest BCUT2D eigenvalue weighted by Crippen LogP contribution is -2.13. The zero-order chi connectivity index (χ0) is 13.2. The minimum Gasteiger partial charge on any atom is -0.360 e. The Balaban J connectivity index is 1.97. The summed E-state index contributed by atoms with van der Waals surface area (Å²) in [5.74, 6) is 6.57. The Morgan fingerprint density at radius 1 is 1.26 bits per heavy atom. The van der Waals surface area contributed by atoms with Gasteiger partial charge in [0.15, 0.2) is 0 Å². The van der Waals surface area contributed by atoms with Crippen molar-refractivity contribution in [2.24, 2.45) is 5.84 Å². The highest BCUT2D eigenvalue weighted by atomic mass is 32.1. The molecule has 1 unspecified atom stereocenters. The van der Waals surface area contributed by atoms with Gasteiger partial charge in [0.25, 0.3) is 0 Å². The monoisotopic (exact) mass is 292 g/mol. The van der Waals surface area contributed by atoms with E-state index in [4.69, 9.17) is 5.84 Å². The predicted octanol–water partition coefficient (Wildman–Crippen LogP) is 2.61. The van der Waals surface area contributed by atoms with Crippen molar-refractivity contribution in [1.82, 2.24) is 15.0 Å². The standard InChI is InChI=1S/C11H12N6S2/c1-6(9-13-3-5-19-9)14-8-7-2-4-18-10(7)16-11(15-8)17-12/h2-6H,12H2,1H3,(H2,14,15,16,17). The van der Waals surface area contributed by atoms with Crippen LogP contribution >= 0.6 is 22.7 Å². The summed E-state index contributed by atoms with van der Waals surface area (Å²) < 4.78 is 0. The lowest BCUT2D eigenvalue weighted by Gasteiger charge is -2.13. The number of hydrazine groups is 1. The highest BCUT2D eigenvalue weighted by molar-refractivity contribution is 7.16.